The van der Waals surface area contributed by atoms with Gasteiger partial charge < -0.3 is 4.90 Å². The SMILES string of the molecule is N#CN1CCN(Cc2ccc(Br)s2)CC1. The highest BCUT2D eigenvalue weighted by molar-refractivity contribution is 9.11. The number of halogens is 1. The van der Waals surface area contributed by atoms with E-state index in [2.05, 4.69) is 39.2 Å². The summed E-state index contributed by atoms with van der Waals surface area (Å²) in [4.78, 5) is 5.60. The van der Waals surface area contributed by atoms with E-state index in [1.54, 1.807) is 11.3 Å². The standard InChI is InChI=1S/C10H12BrN3S/c11-10-2-1-9(15-10)7-13-3-5-14(8-12)6-4-13/h1-2H,3-7H2. The Hall–Kier alpha value is -0.570. The zero-order chi connectivity index (χ0) is 10.7. The van der Waals surface area contributed by atoms with Crippen LogP contribution in [-0.4, -0.2) is 36.0 Å². The molecule has 0 spiro atoms. The van der Waals surface area contributed by atoms with Crippen LogP contribution in [0.5, 0.6) is 0 Å². The molecule has 0 saturated carbocycles. The molecule has 2 rings (SSSR count). The van der Waals surface area contributed by atoms with Gasteiger partial charge in [0.2, 0.25) is 0 Å². The van der Waals surface area contributed by atoms with E-state index >= 15 is 0 Å². The van der Waals surface area contributed by atoms with Crippen molar-refractivity contribution in [2.75, 3.05) is 26.2 Å². The molecule has 0 aliphatic carbocycles. The van der Waals surface area contributed by atoms with Gasteiger partial charge in [-0.3, -0.25) is 4.90 Å². The van der Waals surface area contributed by atoms with Crippen LogP contribution in [0, 0.1) is 11.5 Å². The highest BCUT2D eigenvalue weighted by Crippen LogP contribution is 2.23. The molecule has 0 amide bonds. The van der Waals surface area contributed by atoms with E-state index in [0.717, 1.165) is 32.7 Å². The van der Waals surface area contributed by atoms with E-state index < -0.39 is 0 Å². The Labute approximate surface area is 102 Å². The summed E-state index contributed by atoms with van der Waals surface area (Å²) in [5.74, 6) is 0. The van der Waals surface area contributed by atoms with Crippen LogP contribution in [0.15, 0.2) is 15.9 Å². The van der Waals surface area contributed by atoms with Crippen LogP contribution in [-0.2, 0) is 6.54 Å². The molecule has 1 fully saturated rings. The van der Waals surface area contributed by atoms with Gasteiger partial charge in [-0.05, 0) is 28.1 Å². The molecule has 0 N–H and O–H groups in total. The fourth-order valence-electron chi connectivity index (χ4n) is 1.66. The minimum atomic E-state index is 0.864. The van der Waals surface area contributed by atoms with Gasteiger partial charge in [0.15, 0.2) is 6.19 Å². The maximum atomic E-state index is 8.72. The van der Waals surface area contributed by atoms with Gasteiger partial charge in [-0.2, -0.15) is 5.26 Å². The molecular formula is C10H12BrN3S. The van der Waals surface area contributed by atoms with E-state index in [9.17, 15) is 0 Å². The monoisotopic (exact) mass is 285 g/mol. The van der Waals surface area contributed by atoms with E-state index in [4.69, 9.17) is 5.26 Å². The molecule has 0 unspecified atom stereocenters. The van der Waals surface area contributed by atoms with Crippen molar-refractivity contribution in [1.29, 1.82) is 5.26 Å². The topological polar surface area (TPSA) is 30.3 Å². The molecular weight excluding hydrogens is 274 g/mol. The Morgan fingerprint density at radius 3 is 2.60 bits per heavy atom. The summed E-state index contributed by atoms with van der Waals surface area (Å²) in [6.07, 6.45) is 2.19. The predicted octanol–water partition coefficient (Wildman–Crippen LogP) is 2.11. The van der Waals surface area contributed by atoms with Gasteiger partial charge in [0, 0.05) is 37.6 Å². The summed E-state index contributed by atoms with van der Waals surface area (Å²) in [7, 11) is 0. The molecule has 1 aliphatic rings. The van der Waals surface area contributed by atoms with E-state index in [0.29, 0.717) is 0 Å². The summed E-state index contributed by atoms with van der Waals surface area (Å²) < 4.78 is 1.19. The lowest BCUT2D eigenvalue weighted by atomic mass is 10.3. The number of piperazine rings is 1. The van der Waals surface area contributed by atoms with Gasteiger partial charge in [-0.25, -0.2) is 0 Å². The van der Waals surface area contributed by atoms with Gasteiger partial charge in [0.05, 0.1) is 3.79 Å². The van der Waals surface area contributed by atoms with Gasteiger partial charge >= 0.3 is 0 Å². The first-order valence-electron chi connectivity index (χ1n) is 4.89. The van der Waals surface area contributed by atoms with Crippen molar-refractivity contribution in [3.8, 4) is 6.19 Å². The molecule has 15 heavy (non-hydrogen) atoms. The van der Waals surface area contributed by atoms with Gasteiger partial charge in [-0.1, -0.05) is 0 Å². The Kier molecular flexibility index (Phi) is 3.62. The molecule has 3 nitrogen and oxygen atoms in total. The van der Waals surface area contributed by atoms with Crippen molar-refractivity contribution < 1.29 is 0 Å². The lowest BCUT2D eigenvalue weighted by Crippen LogP contribution is -2.43. The first-order chi connectivity index (χ1) is 7.28. The maximum Gasteiger partial charge on any atom is 0.179 e. The highest BCUT2D eigenvalue weighted by Gasteiger charge is 2.15. The number of hydrogen-bond acceptors (Lipinski definition) is 4. The minimum Gasteiger partial charge on any atom is -0.308 e. The van der Waals surface area contributed by atoms with Crippen LogP contribution in [0.3, 0.4) is 0 Å². The third-order valence-electron chi connectivity index (χ3n) is 2.52. The third-order valence-corrected chi connectivity index (χ3v) is 4.13. The predicted molar refractivity (Wildman–Crippen MR) is 64.5 cm³/mol. The maximum absolute atomic E-state index is 8.72. The molecule has 0 bridgehead atoms. The number of thiophene rings is 1. The Balaban J connectivity index is 1.85. The quantitative estimate of drug-likeness (QED) is 0.780. The van der Waals surface area contributed by atoms with Crippen LogP contribution < -0.4 is 0 Å². The van der Waals surface area contributed by atoms with E-state index in [1.807, 2.05) is 4.90 Å². The zero-order valence-electron chi connectivity index (χ0n) is 8.32. The number of nitriles is 1. The first-order valence-corrected chi connectivity index (χ1v) is 6.50. The molecule has 5 heteroatoms. The lowest BCUT2D eigenvalue weighted by Gasteiger charge is -2.31. The van der Waals surface area contributed by atoms with Crippen molar-refractivity contribution in [3.63, 3.8) is 0 Å². The van der Waals surface area contributed by atoms with Gasteiger partial charge in [0.1, 0.15) is 0 Å². The first kappa shape index (κ1) is 10.9. The molecule has 1 aromatic rings. The number of hydrogen-bond donors (Lipinski definition) is 0. The second-order valence-electron chi connectivity index (χ2n) is 3.57. The fraction of sp³-hybridized carbons (Fsp3) is 0.500. The summed E-state index contributed by atoms with van der Waals surface area (Å²) in [6, 6.07) is 4.25. The average Bonchev–Trinajstić information content (AvgIpc) is 2.65. The average molecular weight is 286 g/mol. The van der Waals surface area contributed by atoms with Crippen LogP contribution in [0.25, 0.3) is 0 Å². The molecule has 0 aromatic carbocycles. The summed E-state index contributed by atoms with van der Waals surface area (Å²) in [6.45, 7) is 4.72. The van der Waals surface area contributed by atoms with Crippen LogP contribution in [0.4, 0.5) is 0 Å². The fourth-order valence-corrected chi connectivity index (χ4v) is 3.19. The lowest BCUT2D eigenvalue weighted by molar-refractivity contribution is 0.168. The second-order valence-corrected chi connectivity index (χ2v) is 6.12. The normalized spacial score (nSPS) is 17.7. The largest absolute Gasteiger partial charge is 0.308 e. The number of nitrogens with zero attached hydrogens (tertiary/aromatic N) is 3. The molecule has 2 heterocycles. The highest BCUT2D eigenvalue weighted by atomic mass is 79.9. The van der Waals surface area contributed by atoms with Gasteiger partial charge in [-0.15, -0.1) is 11.3 Å². The minimum absolute atomic E-state index is 0.864. The molecule has 1 aliphatic heterocycles. The van der Waals surface area contributed by atoms with Crippen LogP contribution in [0.2, 0.25) is 0 Å². The third kappa shape index (κ3) is 2.94. The summed E-state index contributed by atoms with van der Waals surface area (Å²) in [5.41, 5.74) is 0. The molecule has 0 atom stereocenters. The van der Waals surface area contributed by atoms with E-state index in [1.165, 1.54) is 8.66 Å². The molecule has 0 radical (unpaired) electrons. The molecule has 80 valence electrons. The Bertz CT molecular complexity index is 363. The van der Waals surface area contributed by atoms with Crippen molar-refractivity contribution >= 4 is 27.3 Å². The second kappa shape index (κ2) is 4.97. The Morgan fingerprint density at radius 1 is 1.33 bits per heavy atom. The summed E-state index contributed by atoms with van der Waals surface area (Å²) in [5, 5.41) is 8.72. The molecule has 1 aromatic heterocycles. The van der Waals surface area contributed by atoms with Crippen LogP contribution in [0.1, 0.15) is 4.88 Å². The van der Waals surface area contributed by atoms with Crippen molar-refractivity contribution in [1.82, 2.24) is 9.80 Å². The van der Waals surface area contributed by atoms with Gasteiger partial charge in [0.25, 0.3) is 0 Å². The van der Waals surface area contributed by atoms with E-state index in [-0.39, 0.29) is 0 Å². The number of rotatable bonds is 2. The smallest absolute Gasteiger partial charge is 0.179 e. The summed E-state index contributed by atoms with van der Waals surface area (Å²) >= 11 is 5.25. The van der Waals surface area contributed by atoms with Crippen molar-refractivity contribution in [3.05, 3.63) is 20.8 Å². The van der Waals surface area contributed by atoms with Crippen molar-refractivity contribution in [2.24, 2.45) is 0 Å². The zero-order valence-corrected chi connectivity index (χ0v) is 10.7. The molecule has 1 saturated heterocycles. The van der Waals surface area contributed by atoms with Crippen LogP contribution >= 0.6 is 27.3 Å². The van der Waals surface area contributed by atoms with Crippen molar-refractivity contribution in [2.45, 2.75) is 6.54 Å². The Morgan fingerprint density at radius 2 is 2.07 bits per heavy atom.